The molecule has 90 valence electrons. The summed E-state index contributed by atoms with van der Waals surface area (Å²) < 4.78 is 6.36. The van der Waals surface area contributed by atoms with Crippen molar-refractivity contribution < 1.29 is 4.42 Å². The van der Waals surface area contributed by atoms with Crippen LogP contribution in [0.25, 0.3) is 0 Å². The Morgan fingerprint density at radius 1 is 1.44 bits per heavy atom. The van der Waals surface area contributed by atoms with Gasteiger partial charge < -0.3 is 10.2 Å². The van der Waals surface area contributed by atoms with Gasteiger partial charge in [0, 0.05) is 0 Å². The lowest BCUT2D eigenvalue weighted by Crippen LogP contribution is -2.30. The Bertz CT molecular complexity index is 336. The summed E-state index contributed by atoms with van der Waals surface area (Å²) >= 11 is 3.33. The van der Waals surface area contributed by atoms with Gasteiger partial charge in [-0.3, -0.25) is 0 Å². The largest absolute Gasteiger partial charge is 0.453 e. The second-order valence-corrected chi connectivity index (χ2v) is 5.57. The molecule has 1 saturated carbocycles. The second kappa shape index (κ2) is 5.37. The van der Waals surface area contributed by atoms with Crippen molar-refractivity contribution >= 4 is 15.9 Å². The van der Waals surface area contributed by atoms with Crippen LogP contribution in [0.15, 0.2) is 21.2 Å². The fraction of sp³-hybridized carbons (Fsp3) is 0.692. The van der Waals surface area contributed by atoms with Gasteiger partial charge in [-0.1, -0.05) is 32.6 Å². The van der Waals surface area contributed by atoms with Crippen molar-refractivity contribution in [2.24, 2.45) is 17.6 Å². The summed E-state index contributed by atoms with van der Waals surface area (Å²) in [5.74, 6) is 2.29. The Morgan fingerprint density at radius 3 is 2.81 bits per heavy atom. The molecule has 0 radical (unpaired) electrons. The third kappa shape index (κ3) is 2.51. The molecule has 2 nitrogen and oxygen atoms in total. The van der Waals surface area contributed by atoms with Crippen LogP contribution in [-0.4, -0.2) is 0 Å². The molecule has 3 unspecified atom stereocenters. The fourth-order valence-electron chi connectivity index (χ4n) is 2.93. The molecule has 0 aromatic carbocycles. The lowest BCUT2D eigenvalue weighted by atomic mass is 9.74. The Hall–Kier alpha value is -0.280. The quantitative estimate of drug-likeness (QED) is 0.901. The van der Waals surface area contributed by atoms with E-state index in [0.717, 1.165) is 16.3 Å². The predicted molar refractivity (Wildman–Crippen MR) is 69.1 cm³/mol. The van der Waals surface area contributed by atoms with Gasteiger partial charge in [0.1, 0.15) is 5.76 Å². The zero-order valence-electron chi connectivity index (χ0n) is 9.79. The number of halogens is 1. The highest BCUT2D eigenvalue weighted by Crippen LogP contribution is 2.39. The van der Waals surface area contributed by atoms with Crippen molar-refractivity contribution in [1.82, 2.24) is 0 Å². The van der Waals surface area contributed by atoms with Gasteiger partial charge in [0.05, 0.1) is 6.04 Å². The molecule has 3 atom stereocenters. The van der Waals surface area contributed by atoms with E-state index >= 15 is 0 Å². The minimum absolute atomic E-state index is 0.0662. The minimum Gasteiger partial charge on any atom is -0.453 e. The molecule has 2 N–H and O–H groups in total. The normalized spacial score (nSPS) is 27.9. The standard InChI is InChI=1S/C13H20BrNO/c1-2-9-5-3-4-6-10(9)13(15)11-7-8-12(14)16-11/h7-10,13H,2-6,15H2,1H3. The molecule has 0 bridgehead atoms. The van der Waals surface area contributed by atoms with Crippen LogP contribution in [-0.2, 0) is 0 Å². The first-order valence-corrected chi connectivity index (χ1v) is 7.02. The highest BCUT2D eigenvalue weighted by Gasteiger charge is 2.30. The predicted octanol–water partition coefficient (Wildman–Crippen LogP) is 4.26. The third-order valence-electron chi connectivity index (χ3n) is 3.88. The molecule has 0 saturated heterocycles. The molecule has 0 spiro atoms. The Labute approximate surface area is 106 Å². The molecule has 1 aliphatic carbocycles. The molecule has 1 aliphatic rings. The summed E-state index contributed by atoms with van der Waals surface area (Å²) in [6.45, 7) is 2.27. The molecule has 1 aromatic rings. The molecule has 1 fully saturated rings. The van der Waals surface area contributed by atoms with Crippen LogP contribution in [0.2, 0.25) is 0 Å². The number of furan rings is 1. The average molecular weight is 286 g/mol. The van der Waals surface area contributed by atoms with Crippen LogP contribution in [0.4, 0.5) is 0 Å². The first-order chi connectivity index (χ1) is 7.72. The summed E-state index contributed by atoms with van der Waals surface area (Å²) in [6.07, 6.45) is 6.50. The molecular weight excluding hydrogens is 266 g/mol. The fourth-order valence-corrected chi connectivity index (χ4v) is 3.25. The lowest BCUT2D eigenvalue weighted by Gasteiger charge is -2.34. The molecule has 3 heteroatoms. The summed E-state index contributed by atoms with van der Waals surface area (Å²) in [4.78, 5) is 0. The van der Waals surface area contributed by atoms with E-state index in [1.165, 1.54) is 32.1 Å². The highest BCUT2D eigenvalue weighted by atomic mass is 79.9. The topological polar surface area (TPSA) is 39.2 Å². The smallest absolute Gasteiger partial charge is 0.169 e. The number of hydrogen-bond donors (Lipinski definition) is 1. The Balaban J connectivity index is 2.10. The van der Waals surface area contributed by atoms with E-state index in [1.54, 1.807) is 0 Å². The van der Waals surface area contributed by atoms with Crippen molar-refractivity contribution in [2.75, 3.05) is 0 Å². The molecule has 0 amide bonds. The molecular formula is C13H20BrNO. The van der Waals surface area contributed by atoms with Gasteiger partial charge in [0.15, 0.2) is 4.67 Å². The third-order valence-corrected chi connectivity index (χ3v) is 4.30. The van der Waals surface area contributed by atoms with E-state index in [2.05, 4.69) is 22.9 Å². The van der Waals surface area contributed by atoms with Crippen LogP contribution < -0.4 is 5.73 Å². The maximum absolute atomic E-state index is 6.33. The van der Waals surface area contributed by atoms with Gasteiger partial charge in [-0.2, -0.15) is 0 Å². The van der Waals surface area contributed by atoms with E-state index in [-0.39, 0.29) is 6.04 Å². The summed E-state index contributed by atoms with van der Waals surface area (Å²) in [5, 5.41) is 0. The zero-order valence-corrected chi connectivity index (χ0v) is 11.4. The van der Waals surface area contributed by atoms with Gasteiger partial charge in [0.2, 0.25) is 0 Å². The van der Waals surface area contributed by atoms with Crippen molar-refractivity contribution in [3.8, 4) is 0 Å². The van der Waals surface area contributed by atoms with Crippen molar-refractivity contribution in [2.45, 2.75) is 45.1 Å². The van der Waals surface area contributed by atoms with Gasteiger partial charge >= 0.3 is 0 Å². The number of nitrogens with two attached hydrogens (primary N) is 1. The van der Waals surface area contributed by atoms with Crippen molar-refractivity contribution in [3.05, 3.63) is 22.6 Å². The molecule has 2 rings (SSSR count). The zero-order chi connectivity index (χ0) is 11.5. The number of hydrogen-bond acceptors (Lipinski definition) is 2. The van der Waals surface area contributed by atoms with E-state index in [9.17, 15) is 0 Å². The SMILES string of the molecule is CCC1CCCCC1C(N)c1ccc(Br)o1. The van der Waals surface area contributed by atoms with Crippen LogP contribution in [0.1, 0.15) is 50.8 Å². The first-order valence-electron chi connectivity index (χ1n) is 6.23. The highest BCUT2D eigenvalue weighted by molar-refractivity contribution is 9.10. The van der Waals surface area contributed by atoms with Gasteiger partial charge in [-0.25, -0.2) is 0 Å². The van der Waals surface area contributed by atoms with Crippen molar-refractivity contribution in [1.29, 1.82) is 0 Å². The van der Waals surface area contributed by atoms with E-state index < -0.39 is 0 Å². The molecule has 16 heavy (non-hydrogen) atoms. The summed E-state index contributed by atoms with van der Waals surface area (Å²) in [6, 6.07) is 3.99. The number of rotatable bonds is 3. The van der Waals surface area contributed by atoms with Crippen LogP contribution in [0, 0.1) is 11.8 Å². The summed E-state index contributed by atoms with van der Waals surface area (Å²) in [5.41, 5.74) is 6.33. The average Bonchev–Trinajstić information content (AvgIpc) is 2.75. The Kier molecular flexibility index (Phi) is 4.09. The van der Waals surface area contributed by atoms with Gasteiger partial charge in [-0.05, 0) is 46.3 Å². The van der Waals surface area contributed by atoms with E-state index in [4.69, 9.17) is 10.2 Å². The van der Waals surface area contributed by atoms with Crippen LogP contribution in [0.5, 0.6) is 0 Å². The molecule has 1 aromatic heterocycles. The lowest BCUT2D eigenvalue weighted by molar-refractivity contribution is 0.183. The second-order valence-electron chi connectivity index (χ2n) is 4.78. The van der Waals surface area contributed by atoms with Crippen LogP contribution >= 0.6 is 15.9 Å². The maximum Gasteiger partial charge on any atom is 0.169 e. The first kappa shape index (κ1) is 12.2. The molecule has 1 heterocycles. The van der Waals surface area contributed by atoms with E-state index in [0.29, 0.717) is 5.92 Å². The van der Waals surface area contributed by atoms with Crippen molar-refractivity contribution in [3.63, 3.8) is 0 Å². The minimum atomic E-state index is 0.0662. The van der Waals surface area contributed by atoms with Crippen LogP contribution in [0.3, 0.4) is 0 Å². The van der Waals surface area contributed by atoms with E-state index in [1.807, 2.05) is 12.1 Å². The van der Waals surface area contributed by atoms with Gasteiger partial charge in [0.25, 0.3) is 0 Å². The molecule has 0 aliphatic heterocycles. The monoisotopic (exact) mass is 285 g/mol. The summed E-state index contributed by atoms with van der Waals surface area (Å²) in [7, 11) is 0. The van der Waals surface area contributed by atoms with Gasteiger partial charge in [-0.15, -0.1) is 0 Å². The Morgan fingerprint density at radius 2 is 2.19 bits per heavy atom. The maximum atomic E-state index is 6.33.